The van der Waals surface area contributed by atoms with Gasteiger partial charge in [0.05, 0.1) is 10.8 Å². The first kappa shape index (κ1) is 25.0. The number of carbonyl (C=O) groups is 2. The van der Waals surface area contributed by atoms with E-state index in [0.717, 1.165) is 86.9 Å². The van der Waals surface area contributed by atoms with Gasteiger partial charge < -0.3 is 0 Å². The lowest BCUT2D eigenvalue weighted by Gasteiger charge is -2.58. The van der Waals surface area contributed by atoms with Gasteiger partial charge in [-0.1, -0.05) is 65.2 Å². The summed E-state index contributed by atoms with van der Waals surface area (Å²) in [5.41, 5.74) is -1.08. The fourth-order valence-corrected chi connectivity index (χ4v) is 9.69. The molecule has 0 atom stereocenters. The van der Waals surface area contributed by atoms with E-state index < -0.39 is 10.8 Å². The van der Waals surface area contributed by atoms with E-state index in [1.54, 1.807) is 0 Å². The molecule has 0 radical (unpaired) electrons. The number of unbranched alkanes of at least 4 members (excludes halogenated alkanes) is 1. The maximum Gasteiger partial charge on any atom is 0.159 e. The molecule has 0 aromatic rings. The van der Waals surface area contributed by atoms with E-state index in [-0.39, 0.29) is 0 Å². The van der Waals surface area contributed by atoms with Crippen molar-refractivity contribution in [2.45, 2.75) is 142 Å². The van der Waals surface area contributed by atoms with Crippen molar-refractivity contribution in [3.8, 4) is 0 Å². The first-order valence-electron chi connectivity index (χ1n) is 15.6. The minimum absolute atomic E-state index is 0.403. The van der Waals surface area contributed by atoms with Crippen LogP contribution < -0.4 is 0 Å². The Hall–Kier alpha value is -0.660. The standard InChI is InChI=1S/C32H52O2/c1-3-5-6-24-9-13-26(14-10-24)28-17-21-32(22-18-28)29(33)31(30(32)34)19-15-27(16-20-31)25-11-7-23(4-2)8-12-25/h23-28H,3-22H2,1-2H3/t23-,24-,25-,26-,27?,28?,31?,32?. The molecular formula is C32H52O2. The Bertz CT molecular complexity index is 685. The lowest BCUT2D eigenvalue weighted by molar-refractivity contribution is -0.179. The van der Waals surface area contributed by atoms with Crippen LogP contribution in [0.5, 0.6) is 0 Å². The first-order valence-corrected chi connectivity index (χ1v) is 15.6. The summed E-state index contributed by atoms with van der Waals surface area (Å²) in [4.78, 5) is 27.4. The molecule has 5 saturated carbocycles. The van der Waals surface area contributed by atoms with E-state index in [4.69, 9.17) is 0 Å². The molecule has 0 saturated heterocycles. The molecule has 0 aromatic carbocycles. The minimum atomic E-state index is -0.541. The quantitative estimate of drug-likeness (QED) is 0.365. The molecule has 5 aliphatic rings. The molecule has 2 heteroatoms. The van der Waals surface area contributed by atoms with Crippen molar-refractivity contribution in [3.05, 3.63) is 0 Å². The Morgan fingerprint density at radius 2 is 0.941 bits per heavy atom. The molecule has 0 amide bonds. The summed E-state index contributed by atoms with van der Waals surface area (Å²) in [5.74, 6) is 6.02. The fraction of sp³-hybridized carbons (Fsp3) is 0.938. The summed E-state index contributed by atoms with van der Waals surface area (Å²) >= 11 is 0. The molecule has 0 aromatic heterocycles. The van der Waals surface area contributed by atoms with E-state index in [0.29, 0.717) is 11.6 Å². The van der Waals surface area contributed by atoms with Crippen LogP contribution in [-0.2, 0) is 9.59 Å². The van der Waals surface area contributed by atoms with Gasteiger partial charge in [-0.05, 0) is 113 Å². The number of carbonyl (C=O) groups excluding carboxylic acids is 2. The van der Waals surface area contributed by atoms with Gasteiger partial charge in [0.2, 0.25) is 0 Å². The second-order valence-corrected chi connectivity index (χ2v) is 13.6. The van der Waals surface area contributed by atoms with Gasteiger partial charge in [0.15, 0.2) is 11.6 Å². The van der Waals surface area contributed by atoms with E-state index in [2.05, 4.69) is 13.8 Å². The average Bonchev–Trinajstić information content (AvgIpc) is 2.92. The van der Waals surface area contributed by atoms with Gasteiger partial charge in [-0.15, -0.1) is 0 Å². The Morgan fingerprint density at radius 3 is 1.32 bits per heavy atom. The van der Waals surface area contributed by atoms with Gasteiger partial charge >= 0.3 is 0 Å². The van der Waals surface area contributed by atoms with Gasteiger partial charge in [0.1, 0.15) is 0 Å². The van der Waals surface area contributed by atoms with Crippen LogP contribution in [-0.4, -0.2) is 11.6 Å². The summed E-state index contributed by atoms with van der Waals surface area (Å²) in [7, 11) is 0. The van der Waals surface area contributed by atoms with Crippen molar-refractivity contribution in [1.82, 2.24) is 0 Å². The second kappa shape index (κ2) is 10.4. The molecule has 5 fully saturated rings. The molecule has 0 bridgehead atoms. The second-order valence-electron chi connectivity index (χ2n) is 13.6. The fourth-order valence-electron chi connectivity index (χ4n) is 9.69. The SMILES string of the molecule is CCCC[C@H]1CC[C@H](C2CCC3(CC2)C(=O)C2(CCC([C@H]4CC[C@H](CC)CC4)CC2)C3=O)CC1. The van der Waals surface area contributed by atoms with E-state index in [1.165, 1.54) is 77.0 Å². The molecule has 2 nitrogen and oxygen atoms in total. The average molecular weight is 469 g/mol. The third-order valence-corrected chi connectivity index (χ3v) is 12.2. The number of hydrogen-bond donors (Lipinski definition) is 0. The summed E-state index contributed by atoms with van der Waals surface area (Å²) in [6, 6.07) is 0. The summed E-state index contributed by atoms with van der Waals surface area (Å²) < 4.78 is 0. The van der Waals surface area contributed by atoms with Crippen molar-refractivity contribution in [1.29, 1.82) is 0 Å². The topological polar surface area (TPSA) is 34.1 Å². The first-order chi connectivity index (χ1) is 16.5. The molecule has 5 rings (SSSR count). The predicted octanol–water partition coefficient (Wildman–Crippen LogP) is 8.70. The lowest BCUT2D eigenvalue weighted by atomic mass is 9.41. The maximum atomic E-state index is 13.7. The van der Waals surface area contributed by atoms with Gasteiger partial charge in [-0.2, -0.15) is 0 Å². The van der Waals surface area contributed by atoms with Crippen molar-refractivity contribution in [3.63, 3.8) is 0 Å². The molecule has 0 unspecified atom stereocenters. The van der Waals surface area contributed by atoms with Crippen LogP contribution in [0.4, 0.5) is 0 Å². The molecular weight excluding hydrogens is 416 g/mol. The van der Waals surface area contributed by atoms with E-state index in [1.807, 2.05) is 0 Å². The molecule has 192 valence electrons. The molecule has 34 heavy (non-hydrogen) atoms. The van der Waals surface area contributed by atoms with Crippen LogP contribution in [0.15, 0.2) is 0 Å². The van der Waals surface area contributed by atoms with Crippen LogP contribution >= 0.6 is 0 Å². The Labute approximate surface area is 209 Å². The molecule has 0 heterocycles. The smallest absolute Gasteiger partial charge is 0.159 e. The number of hydrogen-bond acceptors (Lipinski definition) is 2. The predicted molar refractivity (Wildman–Crippen MR) is 140 cm³/mol. The van der Waals surface area contributed by atoms with E-state index in [9.17, 15) is 9.59 Å². The monoisotopic (exact) mass is 468 g/mol. The van der Waals surface area contributed by atoms with Crippen molar-refractivity contribution < 1.29 is 9.59 Å². The van der Waals surface area contributed by atoms with Crippen LogP contribution in [0.3, 0.4) is 0 Å². The molecule has 0 N–H and O–H groups in total. The number of rotatable bonds is 6. The zero-order valence-electron chi connectivity index (χ0n) is 22.4. The Kier molecular flexibility index (Phi) is 7.63. The van der Waals surface area contributed by atoms with Gasteiger partial charge in [0, 0.05) is 0 Å². The van der Waals surface area contributed by atoms with Gasteiger partial charge in [-0.25, -0.2) is 0 Å². The van der Waals surface area contributed by atoms with Crippen LogP contribution in [0, 0.1) is 46.3 Å². The summed E-state index contributed by atoms with van der Waals surface area (Å²) in [6.07, 6.45) is 24.9. The van der Waals surface area contributed by atoms with Crippen LogP contribution in [0.1, 0.15) is 142 Å². The normalized spacial score (nSPS) is 45.5. The van der Waals surface area contributed by atoms with Crippen molar-refractivity contribution in [2.24, 2.45) is 46.3 Å². The number of Topliss-reactive ketones (excluding diaryl/α,β-unsaturated/α-hetero) is 2. The highest BCUT2D eigenvalue weighted by atomic mass is 16.2. The maximum absolute atomic E-state index is 13.7. The zero-order chi connectivity index (χ0) is 23.8. The molecule has 5 aliphatic carbocycles. The minimum Gasteiger partial charge on any atom is -0.297 e. The van der Waals surface area contributed by atoms with Crippen LogP contribution in [0.25, 0.3) is 0 Å². The number of ketones is 2. The van der Waals surface area contributed by atoms with Gasteiger partial charge in [-0.3, -0.25) is 9.59 Å². The summed E-state index contributed by atoms with van der Waals surface area (Å²) in [5, 5.41) is 0. The Balaban J connectivity index is 1.10. The highest BCUT2D eigenvalue weighted by Crippen LogP contribution is 2.63. The highest BCUT2D eigenvalue weighted by Gasteiger charge is 2.71. The van der Waals surface area contributed by atoms with Crippen molar-refractivity contribution >= 4 is 11.6 Å². The molecule has 2 spiro atoms. The highest BCUT2D eigenvalue weighted by molar-refractivity contribution is 6.30. The Morgan fingerprint density at radius 1 is 0.559 bits per heavy atom. The van der Waals surface area contributed by atoms with Gasteiger partial charge in [0.25, 0.3) is 0 Å². The van der Waals surface area contributed by atoms with E-state index >= 15 is 0 Å². The molecule has 0 aliphatic heterocycles. The van der Waals surface area contributed by atoms with Crippen LogP contribution in [0.2, 0.25) is 0 Å². The lowest BCUT2D eigenvalue weighted by Crippen LogP contribution is -2.68. The summed E-state index contributed by atoms with van der Waals surface area (Å²) in [6.45, 7) is 4.64. The largest absolute Gasteiger partial charge is 0.297 e. The third kappa shape index (κ3) is 4.36. The van der Waals surface area contributed by atoms with Crippen molar-refractivity contribution in [2.75, 3.05) is 0 Å². The zero-order valence-corrected chi connectivity index (χ0v) is 22.4. The third-order valence-electron chi connectivity index (χ3n) is 12.2.